The maximum atomic E-state index is 5.74. The van der Waals surface area contributed by atoms with E-state index in [1.807, 2.05) is 0 Å². The second-order valence-electron chi connectivity index (χ2n) is 8.29. The van der Waals surface area contributed by atoms with Crippen LogP contribution >= 0.6 is 24.0 Å². The van der Waals surface area contributed by atoms with E-state index in [2.05, 4.69) is 34.4 Å². The molecule has 0 radical (unpaired) electrons. The zero-order chi connectivity index (χ0) is 18.2. The lowest BCUT2D eigenvalue weighted by Gasteiger charge is -2.49. The molecule has 3 rings (SSSR count). The Kier molecular flexibility index (Phi) is 10.1. The zero-order valence-corrected chi connectivity index (χ0v) is 19.7. The summed E-state index contributed by atoms with van der Waals surface area (Å²) in [5.74, 6) is 0.957. The van der Waals surface area contributed by atoms with Crippen LogP contribution in [0.2, 0.25) is 0 Å². The number of ether oxygens (including phenoxy) is 1. The molecule has 0 aromatic rings. The van der Waals surface area contributed by atoms with Gasteiger partial charge in [0.2, 0.25) is 0 Å². The number of aliphatic imine (C=N–C) groups is 1. The van der Waals surface area contributed by atoms with Crippen molar-refractivity contribution in [3.8, 4) is 0 Å². The number of nitrogens with zero attached hydrogens (tertiary/aromatic N) is 3. The van der Waals surface area contributed by atoms with Gasteiger partial charge in [-0.25, -0.2) is 0 Å². The van der Waals surface area contributed by atoms with Crippen molar-refractivity contribution < 1.29 is 4.74 Å². The lowest BCUT2D eigenvalue weighted by Crippen LogP contribution is -2.58. The number of halogens is 1. The Hall–Kier alpha value is -0.120. The van der Waals surface area contributed by atoms with Gasteiger partial charge < -0.3 is 20.3 Å². The summed E-state index contributed by atoms with van der Waals surface area (Å²) >= 11 is 0. The smallest absolute Gasteiger partial charge is 0.191 e. The number of rotatable bonds is 6. The molecule has 3 aliphatic heterocycles. The Morgan fingerprint density at radius 3 is 2.44 bits per heavy atom. The van der Waals surface area contributed by atoms with Crippen molar-refractivity contribution in [2.45, 2.75) is 63.5 Å². The van der Waals surface area contributed by atoms with Crippen LogP contribution in [0.5, 0.6) is 0 Å². The predicted octanol–water partition coefficient (Wildman–Crippen LogP) is 2.29. The van der Waals surface area contributed by atoms with Gasteiger partial charge >= 0.3 is 0 Å². The molecular weight excluding hydrogens is 453 g/mol. The van der Waals surface area contributed by atoms with E-state index in [4.69, 9.17) is 9.73 Å². The molecule has 0 bridgehead atoms. The topological polar surface area (TPSA) is 52.1 Å². The van der Waals surface area contributed by atoms with Crippen LogP contribution in [-0.2, 0) is 4.74 Å². The normalized spacial score (nSPS) is 27.2. The van der Waals surface area contributed by atoms with Gasteiger partial charge in [-0.1, -0.05) is 6.42 Å². The van der Waals surface area contributed by atoms with E-state index in [9.17, 15) is 0 Å². The summed E-state index contributed by atoms with van der Waals surface area (Å²) < 4.78 is 5.74. The van der Waals surface area contributed by atoms with E-state index in [0.717, 1.165) is 38.6 Å². The van der Waals surface area contributed by atoms with E-state index >= 15 is 0 Å². The molecular formula is C20H40IN5O. The Morgan fingerprint density at radius 1 is 1.07 bits per heavy atom. The molecule has 0 saturated carbocycles. The third-order valence-corrected chi connectivity index (χ3v) is 6.34. The molecule has 3 saturated heterocycles. The summed E-state index contributed by atoms with van der Waals surface area (Å²) in [4.78, 5) is 10.3. The summed E-state index contributed by atoms with van der Waals surface area (Å²) in [7, 11) is 2.25. The number of hydrogen-bond acceptors (Lipinski definition) is 4. The van der Waals surface area contributed by atoms with E-state index in [0.29, 0.717) is 6.10 Å². The van der Waals surface area contributed by atoms with Gasteiger partial charge in [-0.15, -0.1) is 24.0 Å². The number of hydrogen-bond donors (Lipinski definition) is 2. The van der Waals surface area contributed by atoms with Gasteiger partial charge in [0, 0.05) is 25.2 Å². The number of guanidine groups is 1. The lowest BCUT2D eigenvalue weighted by atomic mass is 9.84. The molecule has 27 heavy (non-hydrogen) atoms. The van der Waals surface area contributed by atoms with Gasteiger partial charge in [0.1, 0.15) is 0 Å². The molecule has 1 atom stereocenters. The first-order valence-electron chi connectivity index (χ1n) is 10.8. The van der Waals surface area contributed by atoms with Crippen molar-refractivity contribution in [3.05, 3.63) is 0 Å². The highest BCUT2D eigenvalue weighted by molar-refractivity contribution is 14.0. The Balaban J connectivity index is 0.00000261. The molecule has 0 aliphatic carbocycles. The summed E-state index contributed by atoms with van der Waals surface area (Å²) in [6.45, 7) is 10.6. The molecule has 0 aromatic heterocycles. The summed E-state index contributed by atoms with van der Waals surface area (Å²) in [5.41, 5.74) is 0.249. The van der Waals surface area contributed by atoms with Gasteiger partial charge in [-0.05, 0) is 78.7 Å². The van der Waals surface area contributed by atoms with Crippen LogP contribution in [0.3, 0.4) is 0 Å². The van der Waals surface area contributed by atoms with Gasteiger partial charge in [0.25, 0.3) is 0 Å². The van der Waals surface area contributed by atoms with Crippen LogP contribution in [0.15, 0.2) is 4.99 Å². The van der Waals surface area contributed by atoms with Crippen molar-refractivity contribution >= 4 is 29.9 Å². The van der Waals surface area contributed by atoms with Gasteiger partial charge in [-0.3, -0.25) is 9.89 Å². The zero-order valence-electron chi connectivity index (χ0n) is 17.3. The standard InChI is InChI=1S/C20H39N5O.HI/c1-3-21-19(22-16-18-8-7-15-26-18)23-17-20(9-13-24(2)14-10-20)25-11-5-4-6-12-25;/h18H,3-17H2,1-2H3,(H2,21,22,23);1H. The fourth-order valence-electron chi connectivity index (χ4n) is 4.56. The minimum Gasteiger partial charge on any atom is -0.376 e. The maximum Gasteiger partial charge on any atom is 0.191 e. The monoisotopic (exact) mass is 493 g/mol. The number of piperidine rings is 2. The lowest BCUT2D eigenvalue weighted by molar-refractivity contribution is 0.0208. The second kappa shape index (κ2) is 11.8. The predicted molar refractivity (Wildman–Crippen MR) is 123 cm³/mol. The van der Waals surface area contributed by atoms with Crippen LogP contribution in [0.25, 0.3) is 0 Å². The molecule has 7 heteroatoms. The van der Waals surface area contributed by atoms with E-state index in [-0.39, 0.29) is 29.5 Å². The highest BCUT2D eigenvalue weighted by atomic mass is 127. The van der Waals surface area contributed by atoms with Gasteiger partial charge in [0.05, 0.1) is 12.6 Å². The molecule has 0 aromatic carbocycles. The van der Waals surface area contributed by atoms with Crippen LogP contribution in [0.4, 0.5) is 0 Å². The van der Waals surface area contributed by atoms with Crippen LogP contribution in [0.1, 0.15) is 51.9 Å². The minimum atomic E-state index is 0. The van der Waals surface area contributed by atoms with Crippen molar-refractivity contribution in [1.82, 2.24) is 20.4 Å². The maximum absolute atomic E-state index is 5.74. The fourth-order valence-corrected chi connectivity index (χ4v) is 4.56. The molecule has 0 spiro atoms. The Bertz CT molecular complexity index is 442. The average molecular weight is 493 g/mol. The quantitative estimate of drug-likeness (QED) is 0.338. The molecule has 6 nitrogen and oxygen atoms in total. The summed E-state index contributed by atoms with van der Waals surface area (Å²) in [6, 6.07) is 0. The van der Waals surface area contributed by atoms with Gasteiger partial charge in [0.15, 0.2) is 5.96 Å². The van der Waals surface area contributed by atoms with Crippen molar-refractivity contribution in [2.75, 3.05) is 59.5 Å². The van der Waals surface area contributed by atoms with Gasteiger partial charge in [-0.2, -0.15) is 0 Å². The van der Waals surface area contributed by atoms with E-state index in [1.165, 1.54) is 64.7 Å². The fraction of sp³-hybridized carbons (Fsp3) is 0.950. The molecule has 1 unspecified atom stereocenters. The Labute approximate surface area is 182 Å². The molecule has 0 amide bonds. The molecule has 2 N–H and O–H groups in total. The third-order valence-electron chi connectivity index (χ3n) is 6.34. The molecule has 3 aliphatic rings. The van der Waals surface area contributed by atoms with Crippen molar-refractivity contribution in [1.29, 1.82) is 0 Å². The SMILES string of the molecule is CCNC(=NCC1(N2CCCCC2)CCN(C)CC1)NCC1CCCO1.I. The highest BCUT2D eigenvalue weighted by Crippen LogP contribution is 2.31. The minimum absolute atomic E-state index is 0. The van der Waals surface area contributed by atoms with Crippen molar-refractivity contribution in [2.24, 2.45) is 4.99 Å². The summed E-state index contributed by atoms with van der Waals surface area (Å²) in [5, 5.41) is 6.95. The van der Waals surface area contributed by atoms with Crippen LogP contribution < -0.4 is 10.6 Å². The van der Waals surface area contributed by atoms with E-state index < -0.39 is 0 Å². The molecule has 158 valence electrons. The van der Waals surface area contributed by atoms with Crippen LogP contribution in [0, 0.1) is 0 Å². The summed E-state index contributed by atoms with van der Waals surface area (Å²) in [6.07, 6.45) is 9.25. The van der Waals surface area contributed by atoms with Crippen LogP contribution in [-0.4, -0.2) is 86.9 Å². The first-order chi connectivity index (χ1) is 12.7. The van der Waals surface area contributed by atoms with E-state index in [1.54, 1.807) is 0 Å². The first-order valence-corrected chi connectivity index (χ1v) is 10.8. The Morgan fingerprint density at radius 2 is 1.81 bits per heavy atom. The highest BCUT2D eigenvalue weighted by Gasteiger charge is 2.39. The average Bonchev–Trinajstić information content (AvgIpc) is 3.20. The van der Waals surface area contributed by atoms with Crippen molar-refractivity contribution in [3.63, 3.8) is 0 Å². The number of likely N-dealkylation sites (tertiary alicyclic amines) is 2. The third kappa shape index (κ3) is 6.72. The second-order valence-corrected chi connectivity index (χ2v) is 8.29. The first kappa shape index (κ1) is 23.2. The number of nitrogens with one attached hydrogen (secondary N) is 2. The molecule has 3 heterocycles. The largest absolute Gasteiger partial charge is 0.376 e. The molecule has 3 fully saturated rings.